The van der Waals surface area contributed by atoms with Crippen LogP contribution in [-0.2, 0) is 13.5 Å². The van der Waals surface area contributed by atoms with Crippen LogP contribution in [0.4, 0.5) is 5.13 Å². The number of hydrogen-bond acceptors (Lipinski definition) is 5. The van der Waals surface area contributed by atoms with E-state index in [-0.39, 0.29) is 11.3 Å². The van der Waals surface area contributed by atoms with Crippen molar-refractivity contribution in [2.45, 2.75) is 6.42 Å². The molecule has 0 bridgehead atoms. The predicted octanol–water partition coefficient (Wildman–Crippen LogP) is 4.54. The topological polar surface area (TPSA) is 76.9 Å². The molecule has 0 saturated heterocycles. The van der Waals surface area contributed by atoms with E-state index >= 15 is 0 Å². The molecule has 0 spiro atoms. The van der Waals surface area contributed by atoms with Gasteiger partial charge in [-0.25, -0.2) is 9.67 Å². The van der Waals surface area contributed by atoms with Gasteiger partial charge in [0.05, 0.1) is 5.39 Å². The summed E-state index contributed by atoms with van der Waals surface area (Å²) in [7, 11) is 1.52. The van der Waals surface area contributed by atoms with Crippen LogP contribution in [0.2, 0.25) is 10.0 Å². The van der Waals surface area contributed by atoms with Crippen molar-refractivity contribution in [1.82, 2.24) is 14.8 Å². The van der Waals surface area contributed by atoms with E-state index in [4.69, 9.17) is 23.2 Å². The monoisotopic (exact) mass is 444 g/mol. The molecule has 9 heteroatoms. The second kappa shape index (κ2) is 7.94. The number of nitrogens with zero attached hydrogens (tertiary/aromatic N) is 3. The molecule has 0 atom stereocenters. The Balaban J connectivity index is 1.58. The maximum absolute atomic E-state index is 12.8. The number of amides is 1. The Bertz CT molecular complexity index is 1300. The molecule has 2 aromatic heterocycles. The fourth-order valence-corrected chi connectivity index (χ4v) is 4.23. The summed E-state index contributed by atoms with van der Waals surface area (Å²) in [6.07, 6.45) is 2.27. The fourth-order valence-electron chi connectivity index (χ4n) is 2.92. The molecule has 0 unspecified atom stereocenters. The highest BCUT2D eigenvalue weighted by molar-refractivity contribution is 7.15. The molecule has 146 valence electrons. The van der Waals surface area contributed by atoms with Crippen molar-refractivity contribution in [3.8, 4) is 0 Å². The number of thiazole rings is 1. The molecule has 0 radical (unpaired) electrons. The molecule has 2 aromatic carbocycles. The number of aromatic nitrogens is 3. The first-order chi connectivity index (χ1) is 13.9. The summed E-state index contributed by atoms with van der Waals surface area (Å²) in [6.45, 7) is 0. The van der Waals surface area contributed by atoms with E-state index in [1.807, 2.05) is 6.07 Å². The number of nitrogens with one attached hydrogen (secondary N) is 1. The molecule has 0 saturated carbocycles. The maximum atomic E-state index is 12.8. The van der Waals surface area contributed by atoms with Gasteiger partial charge in [0.2, 0.25) is 0 Å². The fraction of sp³-hybridized carbons (Fsp3) is 0.100. The first kappa shape index (κ1) is 19.6. The molecular formula is C20H14Cl2N4O2S. The number of hydrogen-bond donors (Lipinski definition) is 1. The van der Waals surface area contributed by atoms with Crippen molar-refractivity contribution < 1.29 is 4.79 Å². The van der Waals surface area contributed by atoms with Gasteiger partial charge in [0, 0.05) is 40.0 Å². The van der Waals surface area contributed by atoms with Crippen molar-refractivity contribution in [3.05, 3.63) is 85.2 Å². The Morgan fingerprint density at radius 2 is 1.93 bits per heavy atom. The molecule has 6 nitrogen and oxygen atoms in total. The Kier molecular flexibility index (Phi) is 5.36. The molecule has 29 heavy (non-hydrogen) atoms. The molecule has 4 aromatic rings. The van der Waals surface area contributed by atoms with Crippen LogP contribution < -0.4 is 10.9 Å². The molecule has 0 aliphatic rings. The van der Waals surface area contributed by atoms with Crippen molar-refractivity contribution >= 4 is 56.3 Å². The van der Waals surface area contributed by atoms with Gasteiger partial charge >= 0.3 is 0 Å². The normalized spacial score (nSPS) is 11.0. The zero-order chi connectivity index (χ0) is 20.5. The van der Waals surface area contributed by atoms with Crippen molar-refractivity contribution in [2.24, 2.45) is 7.05 Å². The van der Waals surface area contributed by atoms with Gasteiger partial charge in [-0.2, -0.15) is 5.10 Å². The predicted molar refractivity (Wildman–Crippen MR) is 116 cm³/mol. The first-order valence-electron chi connectivity index (χ1n) is 8.58. The van der Waals surface area contributed by atoms with Gasteiger partial charge < -0.3 is 0 Å². The van der Waals surface area contributed by atoms with Gasteiger partial charge in [-0.1, -0.05) is 47.5 Å². The summed E-state index contributed by atoms with van der Waals surface area (Å²) in [4.78, 5) is 30.2. The highest BCUT2D eigenvalue weighted by Crippen LogP contribution is 2.27. The number of anilines is 1. The number of rotatable bonds is 4. The Labute approximate surface area is 179 Å². The summed E-state index contributed by atoms with van der Waals surface area (Å²) in [5, 5.41) is 9.43. The van der Waals surface area contributed by atoms with E-state index in [0.717, 1.165) is 15.1 Å². The molecular weight excluding hydrogens is 431 g/mol. The third-order valence-corrected chi connectivity index (χ3v) is 5.83. The van der Waals surface area contributed by atoms with Crippen LogP contribution >= 0.6 is 34.5 Å². The molecule has 0 aliphatic heterocycles. The number of carbonyl (C=O) groups is 1. The average molecular weight is 445 g/mol. The number of aryl methyl sites for hydroxylation is 1. The lowest BCUT2D eigenvalue weighted by atomic mass is 10.1. The highest BCUT2D eigenvalue weighted by atomic mass is 35.5. The molecule has 1 N–H and O–H groups in total. The average Bonchev–Trinajstić information content (AvgIpc) is 3.13. The quantitative estimate of drug-likeness (QED) is 0.501. The summed E-state index contributed by atoms with van der Waals surface area (Å²) in [5.41, 5.74) is 0.831. The van der Waals surface area contributed by atoms with Crippen molar-refractivity contribution in [1.29, 1.82) is 0 Å². The maximum Gasteiger partial charge on any atom is 0.278 e. The van der Waals surface area contributed by atoms with Crippen LogP contribution in [0.1, 0.15) is 20.9 Å². The van der Waals surface area contributed by atoms with Crippen LogP contribution in [0.5, 0.6) is 0 Å². The summed E-state index contributed by atoms with van der Waals surface area (Å²) in [5.74, 6) is -0.428. The number of benzene rings is 2. The highest BCUT2D eigenvalue weighted by Gasteiger charge is 2.17. The summed E-state index contributed by atoms with van der Waals surface area (Å²) < 4.78 is 1.16. The van der Waals surface area contributed by atoms with E-state index in [0.29, 0.717) is 32.4 Å². The van der Waals surface area contributed by atoms with Crippen LogP contribution in [-0.4, -0.2) is 20.7 Å². The minimum atomic E-state index is -0.428. The summed E-state index contributed by atoms with van der Waals surface area (Å²) in [6, 6.07) is 12.2. The van der Waals surface area contributed by atoms with E-state index < -0.39 is 5.91 Å². The largest absolute Gasteiger partial charge is 0.296 e. The van der Waals surface area contributed by atoms with Gasteiger partial charge in [-0.15, -0.1) is 11.3 Å². The first-order valence-corrected chi connectivity index (χ1v) is 10.2. The van der Waals surface area contributed by atoms with E-state index in [2.05, 4.69) is 15.4 Å². The lowest BCUT2D eigenvalue weighted by Gasteiger charge is -2.07. The zero-order valence-electron chi connectivity index (χ0n) is 15.1. The minimum Gasteiger partial charge on any atom is -0.296 e. The van der Waals surface area contributed by atoms with Crippen LogP contribution in [0, 0.1) is 0 Å². The van der Waals surface area contributed by atoms with E-state index in [9.17, 15) is 9.59 Å². The molecule has 1 amide bonds. The second-order valence-corrected chi connectivity index (χ2v) is 8.28. The lowest BCUT2D eigenvalue weighted by Crippen LogP contribution is -2.25. The van der Waals surface area contributed by atoms with Crippen LogP contribution in [0.3, 0.4) is 0 Å². The molecule has 2 heterocycles. The SMILES string of the molecule is Cn1nc(C(=O)Nc2ncc(Cc3ccc(Cl)cc3Cl)s2)c2ccccc2c1=O. The smallest absolute Gasteiger partial charge is 0.278 e. The molecule has 0 fully saturated rings. The van der Waals surface area contributed by atoms with Crippen molar-refractivity contribution in [2.75, 3.05) is 5.32 Å². The van der Waals surface area contributed by atoms with Gasteiger partial charge in [0.25, 0.3) is 11.5 Å². The zero-order valence-corrected chi connectivity index (χ0v) is 17.5. The van der Waals surface area contributed by atoms with E-state index in [1.54, 1.807) is 42.6 Å². The van der Waals surface area contributed by atoms with Gasteiger partial charge in [-0.3, -0.25) is 14.9 Å². The summed E-state index contributed by atoms with van der Waals surface area (Å²) >= 11 is 13.5. The third-order valence-electron chi connectivity index (χ3n) is 4.33. The van der Waals surface area contributed by atoms with Gasteiger partial charge in [0.1, 0.15) is 0 Å². The van der Waals surface area contributed by atoms with Crippen LogP contribution in [0.25, 0.3) is 10.8 Å². The standard InChI is InChI=1S/C20H14Cl2N4O2S/c1-26-19(28)15-5-3-2-4-14(15)17(25-26)18(27)24-20-23-10-13(29-20)8-11-6-7-12(21)9-16(11)22/h2-7,9-10H,8H2,1H3,(H,23,24,27). The van der Waals surface area contributed by atoms with Gasteiger partial charge in [0.15, 0.2) is 10.8 Å². The number of fused-ring (bicyclic) bond motifs is 1. The Hall–Kier alpha value is -2.74. The Morgan fingerprint density at radius 1 is 1.17 bits per heavy atom. The second-order valence-electron chi connectivity index (χ2n) is 6.32. The van der Waals surface area contributed by atoms with Crippen LogP contribution in [0.15, 0.2) is 53.5 Å². The molecule has 4 rings (SSSR count). The third kappa shape index (κ3) is 4.03. The number of halogens is 2. The molecule has 0 aliphatic carbocycles. The van der Waals surface area contributed by atoms with Gasteiger partial charge in [-0.05, 0) is 23.8 Å². The van der Waals surface area contributed by atoms with Crippen molar-refractivity contribution in [3.63, 3.8) is 0 Å². The Morgan fingerprint density at radius 3 is 2.69 bits per heavy atom. The van der Waals surface area contributed by atoms with E-state index in [1.165, 1.54) is 18.4 Å². The lowest BCUT2D eigenvalue weighted by molar-refractivity contribution is 0.102. The number of carbonyl (C=O) groups excluding carboxylic acids is 1. The minimum absolute atomic E-state index is 0.167.